The summed E-state index contributed by atoms with van der Waals surface area (Å²) in [6.45, 7) is 2.27. The van der Waals surface area contributed by atoms with Crippen LogP contribution in [-0.2, 0) is 4.79 Å². The van der Waals surface area contributed by atoms with Gasteiger partial charge >= 0.3 is 5.97 Å². The molecule has 0 aliphatic carbocycles. The number of carboxylic acid groups (broad SMARTS) is 1. The standard InChI is InChI=1S/C18H36O2.C/c1-2-3-4-5-6-7-8-9-10-11-12-13-14-15-16-17-18(19)20;/h2-17H2,1H3,(H,19,20);. The predicted octanol–water partition coefficient (Wildman–Crippen LogP) is 6.41. The van der Waals surface area contributed by atoms with E-state index in [9.17, 15) is 4.79 Å². The average Bonchev–Trinajstić information content (AvgIpc) is 2.43. The first-order chi connectivity index (χ1) is 9.77. The molecule has 0 saturated heterocycles. The molecule has 0 heterocycles. The first-order valence-electron chi connectivity index (χ1n) is 8.99. The van der Waals surface area contributed by atoms with Gasteiger partial charge in [-0.1, -0.05) is 96.8 Å². The summed E-state index contributed by atoms with van der Waals surface area (Å²) in [5, 5.41) is 8.52. The van der Waals surface area contributed by atoms with Crippen molar-refractivity contribution in [3.63, 3.8) is 0 Å². The molecule has 2 heteroatoms. The van der Waals surface area contributed by atoms with Crippen molar-refractivity contribution >= 4 is 5.97 Å². The molecule has 0 aromatic rings. The minimum atomic E-state index is -0.653. The van der Waals surface area contributed by atoms with Crippen molar-refractivity contribution in [1.82, 2.24) is 0 Å². The summed E-state index contributed by atoms with van der Waals surface area (Å²) in [5.74, 6) is -0.653. The number of aliphatic carboxylic acids is 1. The van der Waals surface area contributed by atoms with Crippen LogP contribution in [0.1, 0.15) is 110 Å². The third kappa shape index (κ3) is 21.9. The zero-order valence-electron chi connectivity index (χ0n) is 14.2. The number of unbranched alkanes of at least 4 members (excludes halogenated alkanes) is 14. The summed E-state index contributed by atoms with van der Waals surface area (Å²) < 4.78 is 0. The van der Waals surface area contributed by atoms with Gasteiger partial charge in [-0.15, -0.1) is 0 Å². The molecule has 0 atom stereocenters. The largest absolute Gasteiger partial charge is 0.481 e. The van der Waals surface area contributed by atoms with Crippen LogP contribution < -0.4 is 0 Å². The molecule has 0 amide bonds. The summed E-state index contributed by atoms with van der Waals surface area (Å²) in [4.78, 5) is 10.3. The molecule has 0 aromatic carbocycles. The smallest absolute Gasteiger partial charge is 0.303 e. The van der Waals surface area contributed by atoms with E-state index in [1.54, 1.807) is 0 Å². The van der Waals surface area contributed by atoms with Crippen molar-refractivity contribution in [2.75, 3.05) is 0 Å². The van der Waals surface area contributed by atoms with E-state index in [4.69, 9.17) is 5.11 Å². The van der Waals surface area contributed by atoms with Gasteiger partial charge in [0, 0.05) is 13.8 Å². The van der Waals surface area contributed by atoms with E-state index in [1.165, 1.54) is 83.5 Å². The molecule has 0 bridgehead atoms. The quantitative estimate of drug-likeness (QED) is 0.334. The highest BCUT2D eigenvalue weighted by molar-refractivity contribution is 5.66. The molecule has 21 heavy (non-hydrogen) atoms. The second-order valence-electron chi connectivity index (χ2n) is 6.09. The van der Waals surface area contributed by atoms with E-state index in [2.05, 4.69) is 6.92 Å². The molecule has 0 aromatic heterocycles. The summed E-state index contributed by atoms with van der Waals surface area (Å²) in [5.41, 5.74) is 0. The maximum Gasteiger partial charge on any atom is 0.303 e. The monoisotopic (exact) mass is 296 g/mol. The molecule has 0 unspecified atom stereocenters. The minimum Gasteiger partial charge on any atom is -0.481 e. The molecule has 0 fully saturated rings. The Bertz CT molecular complexity index is 202. The molecular formula is C19H36O2. The molecule has 0 spiro atoms. The Morgan fingerprint density at radius 2 is 0.905 bits per heavy atom. The van der Waals surface area contributed by atoms with Crippen LogP contribution in [-0.4, -0.2) is 11.1 Å². The summed E-state index contributed by atoms with van der Waals surface area (Å²) >= 11 is 0. The van der Waals surface area contributed by atoms with E-state index in [1.807, 2.05) is 0 Å². The minimum absolute atomic E-state index is 0. The SMILES string of the molecule is CCCCCCCCCCCCCCCCCC(=O)O.[C]. The van der Waals surface area contributed by atoms with Gasteiger partial charge in [-0.2, -0.15) is 0 Å². The van der Waals surface area contributed by atoms with Crippen molar-refractivity contribution in [2.24, 2.45) is 0 Å². The number of rotatable bonds is 16. The highest BCUT2D eigenvalue weighted by Crippen LogP contribution is 2.13. The lowest BCUT2D eigenvalue weighted by Crippen LogP contribution is -1.93. The van der Waals surface area contributed by atoms with Gasteiger partial charge < -0.3 is 5.11 Å². The molecule has 4 radical (unpaired) electrons. The van der Waals surface area contributed by atoms with Gasteiger partial charge in [0.25, 0.3) is 0 Å². The first-order valence-corrected chi connectivity index (χ1v) is 8.99. The maximum atomic E-state index is 10.3. The molecule has 0 aliphatic rings. The molecule has 0 aliphatic heterocycles. The van der Waals surface area contributed by atoms with Gasteiger partial charge in [-0.25, -0.2) is 0 Å². The average molecular weight is 296 g/mol. The fraction of sp³-hybridized carbons (Fsp3) is 0.895. The lowest BCUT2D eigenvalue weighted by Gasteiger charge is -2.03. The third-order valence-electron chi connectivity index (χ3n) is 3.99. The van der Waals surface area contributed by atoms with Gasteiger partial charge in [0.1, 0.15) is 0 Å². The Labute approximate surface area is 133 Å². The molecule has 1 N–H and O–H groups in total. The van der Waals surface area contributed by atoms with E-state index in [0.717, 1.165) is 12.8 Å². The molecule has 0 rings (SSSR count). The van der Waals surface area contributed by atoms with Crippen LogP contribution in [0.15, 0.2) is 0 Å². The number of carbonyl (C=O) groups is 1. The highest BCUT2D eigenvalue weighted by atomic mass is 16.4. The number of carboxylic acids is 1. The van der Waals surface area contributed by atoms with Gasteiger partial charge in [0.2, 0.25) is 0 Å². The van der Waals surface area contributed by atoms with E-state index >= 15 is 0 Å². The second-order valence-corrected chi connectivity index (χ2v) is 6.09. The third-order valence-corrected chi connectivity index (χ3v) is 3.99. The van der Waals surface area contributed by atoms with Gasteiger partial charge in [0.15, 0.2) is 0 Å². The van der Waals surface area contributed by atoms with Crippen LogP contribution in [0.25, 0.3) is 0 Å². The Morgan fingerprint density at radius 1 is 0.619 bits per heavy atom. The van der Waals surface area contributed by atoms with E-state index in [0.29, 0.717) is 6.42 Å². The lowest BCUT2D eigenvalue weighted by molar-refractivity contribution is -0.137. The van der Waals surface area contributed by atoms with Gasteiger partial charge in [0.05, 0.1) is 0 Å². The van der Waals surface area contributed by atoms with Gasteiger partial charge in [-0.3, -0.25) is 4.79 Å². The normalized spacial score (nSPS) is 10.3. The zero-order valence-corrected chi connectivity index (χ0v) is 14.2. The van der Waals surface area contributed by atoms with E-state index in [-0.39, 0.29) is 7.43 Å². The molecular weight excluding hydrogens is 260 g/mol. The van der Waals surface area contributed by atoms with Crippen LogP contribution in [0.5, 0.6) is 0 Å². The second kappa shape index (κ2) is 19.5. The highest BCUT2D eigenvalue weighted by Gasteiger charge is 1.97. The summed E-state index contributed by atoms with van der Waals surface area (Å²) in [7, 11) is 0. The Hall–Kier alpha value is -0.530. The molecule has 124 valence electrons. The van der Waals surface area contributed by atoms with Crippen LogP contribution in [0.4, 0.5) is 0 Å². The van der Waals surface area contributed by atoms with Crippen molar-refractivity contribution in [3.8, 4) is 0 Å². The first kappa shape index (κ1) is 22.7. The van der Waals surface area contributed by atoms with Crippen molar-refractivity contribution in [3.05, 3.63) is 7.43 Å². The van der Waals surface area contributed by atoms with Crippen LogP contribution in [0.3, 0.4) is 0 Å². The fourth-order valence-electron chi connectivity index (χ4n) is 2.65. The van der Waals surface area contributed by atoms with Crippen LogP contribution in [0.2, 0.25) is 0 Å². The van der Waals surface area contributed by atoms with Gasteiger partial charge in [-0.05, 0) is 6.42 Å². The number of hydrogen-bond acceptors (Lipinski definition) is 1. The zero-order chi connectivity index (χ0) is 14.9. The summed E-state index contributed by atoms with van der Waals surface area (Å²) in [6.07, 6.45) is 20.2. The molecule has 2 nitrogen and oxygen atoms in total. The fourth-order valence-corrected chi connectivity index (χ4v) is 2.65. The Kier molecular flexibility index (Phi) is 21.1. The van der Waals surface area contributed by atoms with E-state index < -0.39 is 5.97 Å². The topological polar surface area (TPSA) is 37.3 Å². The predicted molar refractivity (Wildman–Crippen MR) is 90.4 cm³/mol. The Morgan fingerprint density at radius 3 is 1.19 bits per heavy atom. The van der Waals surface area contributed by atoms with Crippen LogP contribution >= 0.6 is 0 Å². The summed E-state index contributed by atoms with van der Waals surface area (Å²) in [6, 6.07) is 0. The van der Waals surface area contributed by atoms with Crippen LogP contribution in [0, 0.1) is 7.43 Å². The van der Waals surface area contributed by atoms with Crippen molar-refractivity contribution in [2.45, 2.75) is 110 Å². The van der Waals surface area contributed by atoms with Crippen molar-refractivity contribution in [1.29, 1.82) is 0 Å². The lowest BCUT2D eigenvalue weighted by atomic mass is 10.0. The molecule has 0 saturated carbocycles. The maximum absolute atomic E-state index is 10.3. The van der Waals surface area contributed by atoms with Crippen molar-refractivity contribution < 1.29 is 9.90 Å². The number of hydrogen-bond donors (Lipinski definition) is 1. The Balaban J connectivity index is 0.